The van der Waals surface area contributed by atoms with Crippen LogP contribution in [0.2, 0.25) is 0 Å². The van der Waals surface area contributed by atoms with Crippen molar-refractivity contribution in [3.63, 3.8) is 0 Å². The van der Waals surface area contributed by atoms with Gasteiger partial charge in [0.05, 0.1) is 7.11 Å². The number of sulfonamides is 1. The molecule has 1 atom stereocenters. The molecular weight excluding hydrogens is 283 g/mol. The summed E-state index contributed by atoms with van der Waals surface area (Å²) in [4.78, 5) is -0.296. The van der Waals surface area contributed by atoms with Gasteiger partial charge in [-0.3, -0.25) is 0 Å². The number of hydrogen-bond acceptors (Lipinski definition) is 4. The lowest BCUT2D eigenvalue weighted by Crippen LogP contribution is -2.47. The molecule has 1 heterocycles. The summed E-state index contributed by atoms with van der Waals surface area (Å²) in [6, 6.07) is 3.91. The van der Waals surface area contributed by atoms with Gasteiger partial charge in [-0.25, -0.2) is 12.8 Å². The summed E-state index contributed by atoms with van der Waals surface area (Å²) in [7, 11) is -0.590. The summed E-state index contributed by atoms with van der Waals surface area (Å²) in [5, 5.41) is 3.07. The van der Waals surface area contributed by atoms with Crippen molar-refractivity contribution < 1.29 is 17.5 Å². The third-order valence-corrected chi connectivity index (χ3v) is 5.45. The van der Waals surface area contributed by atoms with Gasteiger partial charge in [0.25, 0.3) is 0 Å². The zero-order valence-electron chi connectivity index (χ0n) is 11.6. The van der Waals surface area contributed by atoms with Gasteiger partial charge in [-0.2, -0.15) is 4.31 Å². The Bertz CT molecular complexity index is 577. The van der Waals surface area contributed by atoms with Gasteiger partial charge in [-0.1, -0.05) is 0 Å². The van der Waals surface area contributed by atoms with Gasteiger partial charge >= 0.3 is 0 Å². The molecule has 1 aliphatic heterocycles. The second kappa shape index (κ2) is 6.07. The predicted molar refractivity (Wildman–Crippen MR) is 73.8 cm³/mol. The van der Waals surface area contributed by atoms with Crippen molar-refractivity contribution in [3.8, 4) is 5.75 Å². The van der Waals surface area contributed by atoms with Crippen LogP contribution in [-0.2, 0) is 10.0 Å². The number of benzene rings is 1. The number of hydrogen-bond donors (Lipinski definition) is 1. The Morgan fingerprint density at radius 1 is 1.45 bits per heavy atom. The second-order valence-corrected chi connectivity index (χ2v) is 6.69. The van der Waals surface area contributed by atoms with Gasteiger partial charge in [0.2, 0.25) is 10.0 Å². The summed E-state index contributed by atoms with van der Waals surface area (Å²) in [5.74, 6) is -0.482. The molecule has 1 aromatic carbocycles. The largest absolute Gasteiger partial charge is 0.497 e. The molecule has 1 unspecified atom stereocenters. The highest BCUT2D eigenvalue weighted by atomic mass is 32.2. The molecule has 0 radical (unpaired) electrons. The first-order valence-corrected chi connectivity index (χ1v) is 7.94. The molecule has 1 aromatic rings. The van der Waals surface area contributed by atoms with Crippen molar-refractivity contribution in [2.45, 2.75) is 23.8 Å². The minimum atomic E-state index is -3.80. The molecule has 0 aromatic heterocycles. The van der Waals surface area contributed by atoms with Crippen LogP contribution in [0.5, 0.6) is 5.75 Å². The van der Waals surface area contributed by atoms with Crippen LogP contribution >= 0.6 is 0 Å². The van der Waals surface area contributed by atoms with E-state index in [1.54, 1.807) is 7.05 Å². The molecule has 0 amide bonds. The Morgan fingerprint density at radius 2 is 2.20 bits per heavy atom. The van der Waals surface area contributed by atoms with Crippen LogP contribution in [0, 0.1) is 5.82 Å². The zero-order valence-corrected chi connectivity index (χ0v) is 12.4. The SMILES string of the molecule is CNC1CCCN(S(=O)(=O)c2ccc(OC)cc2F)C1. The summed E-state index contributed by atoms with van der Waals surface area (Å²) < 4.78 is 45.2. The van der Waals surface area contributed by atoms with E-state index < -0.39 is 15.8 Å². The number of halogens is 1. The number of ether oxygens (including phenoxy) is 1. The summed E-state index contributed by atoms with van der Waals surface area (Å²) in [6.07, 6.45) is 1.69. The lowest BCUT2D eigenvalue weighted by atomic mass is 10.1. The maximum absolute atomic E-state index is 14.0. The third-order valence-electron chi connectivity index (χ3n) is 3.55. The molecule has 0 bridgehead atoms. The van der Waals surface area contributed by atoms with Crippen LogP contribution in [0.1, 0.15) is 12.8 Å². The second-order valence-electron chi connectivity index (χ2n) is 4.79. The number of nitrogens with zero attached hydrogens (tertiary/aromatic N) is 1. The molecule has 20 heavy (non-hydrogen) atoms. The van der Waals surface area contributed by atoms with Crippen LogP contribution in [0.4, 0.5) is 4.39 Å². The van der Waals surface area contributed by atoms with E-state index in [0.717, 1.165) is 18.9 Å². The average molecular weight is 302 g/mol. The quantitative estimate of drug-likeness (QED) is 0.908. The Labute approximate surface area is 118 Å². The highest BCUT2D eigenvalue weighted by Crippen LogP contribution is 2.25. The van der Waals surface area contributed by atoms with Gasteiger partial charge < -0.3 is 10.1 Å². The van der Waals surface area contributed by atoms with Crippen LogP contribution < -0.4 is 10.1 Å². The van der Waals surface area contributed by atoms with Gasteiger partial charge in [0, 0.05) is 25.2 Å². The average Bonchev–Trinajstić information content (AvgIpc) is 2.46. The molecule has 112 valence electrons. The number of nitrogens with one attached hydrogen (secondary N) is 1. The standard InChI is InChI=1S/C13H19FN2O3S/c1-15-10-4-3-7-16(9-10)20(17,18)13-6-5-11(19-2)8-12(13)14/h5-6,8,10,15H,3-4,7,9H2,1-2H3. The summed E-state index contributed by atoms with van der Waals surface area (Å²) in [5.41, 5.74) is 0. The molecule has 1 saturated heterocycles. The van der Waals surface area contributed by atoms with Crippen LogP contribution in [0.15, 0.2) is 23.1 Å². The van der Waals surface area contributed by atoms with E-state index in [1.165, 1.54) is 23.5 Å². The van der Waals surface area contributed by atoms with E-state index >= 15 is 0 Å². The fraction of sp³-hybridized carbons (Fsp3) is 0.538. The maximum Gasteiger partial charge on any atom is 0.246 e. The smallest absolute Gasteiger partial charge is 0.246 e. The van der Waals surface area contributed by atoms with Crippen LogP contribution in [-0.4, -0.2) is 46.0 Å². The van der Waals surface area contributed by atoms with Crippen molar-refractivity contribution in [2.24, 2.45) is 0 Å². The molecule has 7 heteroatoms. The molecule has 2 rings (SSSR count). The Morgan fingerprint density at radius 3 is 2.80 bits per heavy atom. The van der Waals surface area contributed by atoms with Crippen molar-refractivity contribution in [1.82, 2.24) is 9.62 Å². The third kappa shape index (κ3) is 2.94. The fourth-order valence-electron chi connectivity index (χ4n) is 2.35. The molecule has 0 aliphatic carbocycles. The molecular formula is C13H19FN2O3S. The first-order chi connectivity index (χ1) is 9.48. The van der Waals surface area contributed by atoms with Crippen LogP contribution in [0.25, 0.3) is 0 Å². The first-order valence-electron chi connectivity index (χ1n) is 6.50. The van der Waals surface area contributed by atoms with Crippen molar-refractivity contribution in [3.05, 3.63) is 24.0 Å². The van der Waals surface area contributed by atoms with Crippen molar-refractivity contribution in [1.29, 1.82) is 0 Å². The topological polar surface area (TPSA) is 58.6 Å². The number of likely N-dealkylation sites (N-methyl/N-ethyl adjacent to an activating group) is 1. The summed E-state index contributed by atoms with van der Waals surface area (Å²) in [6.45, 7) is 0.788. The highest BCUT2D eigenvalue weighted by molar-refractivity contribution is 7.89. The monoisotopic (exact) mass is 302 g/mol. The van der Waals surface area contributed by atoms with E-state index in [9.17, 15) is 12.8 Å². The van der Waals surface area contributed by atoms with Gasteiger partial charge in [-0.15, -0.1) is 0 Å². The number of methoxy groups -OCH3 is 1. The molecule has 1 fully saturated rings. The minimum absolute atomic E-state index is 0.111. The van der Waals surface area contributed by atoms with Crippen LogP contribution in [0.3, 0.4) is 0 Å². The lowest BCUT2D eigenvalue weighted by molar-refractivity contribution is 0.292. The van der Waals surface area contributed by atoms with Gasteiger partial charge in [0.15, 0.2) is 0 Å². The summed E-state index contributed by atoms with van der Waals surface area (Å²) >= 11 is 0. The van der Waals surface area contributed by atoms with E-state index in [4.69, 9.17) is 4.74 Å². The molecule has 1 aliphatic rings. The molecule has 1 N–H and O–H groups in total. The van der Waals surface area contributed by atoms with E-state index in [2.05, 4.69) is 5.32 Å². The number of piperidine rings is 1. The van der Waals surface area contributed by atoms with Gasteiger partial charge in [0.1, 0.15) is 16.5 Å². The highest BCUT2D eigenvalue weighted by Gasteiger charge is 2.31. The first kappa shape index (κ1) is 15.2. The van der Waals surface area contributed by atoms with E-state index in [0.29, 0.717) is 18.8 Å². The Kier molecular flexibility index (Phi) is 4.62. The molecule has 0 saturated carbocycles. The molecule has 5 nitrogen and oxygen atoms in total. The van der Waals surface area contributed by atoms with Crippen molar-refractivity contribution >= 4 is 10.0 Å². The van der Waals surface area contributed by atoms with Gasteiger partial charge in [-0.05, 0) is 32.0 Å². The van der Waals surface area contributed by atoms with Crippen molar-refractivity contribution in [2.75, 3.05) is 27.2 Å². The predicted octanol–water partition coefficient (Wildman–Crippen LogP) is 1.21. The Hall–Kier alpha value is -1.18. The Balaban J connectivity index is 2.30. The maximum atomic E-state index is 14.0. The fourth-order valence-corrected chi connectivity index (χ4v) is 3.92. The zero-order chi connectivity index (χ0) is 14.8. The van der Waals surface area contributed by atoms with E-state index in [-0.39, 0.29) is 10.9 Å². The number of rotatable bonds is 4. The molecule has 0 spiro atoms. The van der Waals surface area contributed by atoms with E-state index in [1.807, 2.05) is 0 Å². The minimum Gasteiger partial charge on any atom is -0.497 e. The normalized spacial score (nSPS) is 20.9. The lowest BCUT2D eigenvalue weighted by Gasteiger charge is -2.31.